The van der Waals surface area contributed by atoms with Crippen LogP contribution in [0.2, 0.25) is 0 Å². The molecule has 0 radical (unpaired) electrons. The molecule has 1 aromatic heterocycles. The summed E-state index contributed by atoms with van der Waals surface area (Å²) in [6.07, 6.45) is 2.75. The van der Waals surface area contributed by atoms with E-state index in [9.17, 15) is 4.79 Å². The second kappa shape index (κ2) is 4.48. The molecule has 0 amide bonds. The van der Waals surface area contributed by atoms with Crippen molar-refractivity contribution in [1.82, 2.24) is 9.97 Å². The van der Waals surface area contributed by atoms with Crippen LogP contribution in [0.1, 0.15) is 10.4 Å². The minimum absolute atomic E-state index is 0.0734. The number of benzene rings is 1. The molecule has 86 valence electrons. The topological polar surface area (TPSA) is 98.3 Å². The van der Waals surface area contributed by atoms with E-state index in [-0.39, 0.29) is 17.3 Å². The van der Waals surface area contributed by atoms with Crippen molar-refractivity contribution >= 4 is 11.9 Å². The Labute approximate surface area is 96.7 Å². The van der Waals surface area contributed by atoms with Crippen LogP contribution in [0, 0.1) is 0 Å². The molecule has 0 bridgehead atoms. The van der Waals surface area contributed by atoms with E-state index < -0.39 is 5.97 Å². The zero-order chi connectivity index (χ0) is 12.3. The minimum atomic E-state index is -1.06. The van der Waals surface area contributed by atoms with Crippen molar-refractivity contribution in [3.8, 4) is 11.5 Å². The first kappa shape index (κ1) is 10.9. The summed E-state index contributed by atoms with van der Waals surface area (Å²) in [5, 5.41) is 8.96. The first-order chi connectivity index (χ1) is 8.16. The van der Waals surface area contributed by atoms with Gasteiger partial charge in [0.05, 0.1) is 12.4 Å². The van der Waals surface area contributed by atoms with E-state index in [0.717, 1.165) is 0 Å². The van der Waals surface area contributed by atoms with Crippen LogP contribution in [0.5, 0.6) is 11.5 Å². The normalized spacial score (nSPS) is 9.88. The van der Waals surface area contributed by atoms with Gasteiger partial charge in [-0.05, 0) is 12.1 Å². The summed E-state index contributed by atoms with van der Waals surface area (Å²) in [4.78, 5) is 18.4. The summed E-state index contributed by atoms with van der Waals surface area (Å²) in [7, 11) is 0. The highest BCUT2D eigenvalue weighted by atomic mass is 16.5. The number of nitrogens with two attached hydrogens (primary N) is 1. The van der Waals surface area contributed by atoms with Gasteiger partial charge in [0.1, 0.15) is 11.3 Å². The zero-order valence-electron chi connectivity index (χ0n) is 8.70. The van der Waals surface area contributed by atoms with E-state index in [1.54, 1.807) is 18.2 Å². The van der Waals surface area contributed by atoms with Crippen LogP contribution >= 0.6 is 0 Å². The summed E-state index contributed by atoms with van der Waals surface area (Å²) >= 11 is 0. The van der Waals surface area contributed by atoms with E-state index in [4.69, 9.17) is 15.6 Å². The lowest BCUT2D eigenvalue weighted by atomic mass is 10.2. The number of rotatable bonds is 3. The quantitative estimate of drug-likeness (QED) is 0.831. The maximum absolute atomic E-state index is 10.9. The lowest BCUT2D eigenvalue weighted by Gasteiger charge is -2.07. The Balaban J connectivity index is 2.30. The summed E-state index contributed by atoms with van der Waals surface area (Å²) in [5.74, 6) is -0.373. The molecular weight excluding hydrogens is 222 g/mol. The minimum Gasteiger partial charge on any atom is -0.478 e. The van der Waals surface area contributed by atoms with Gasteiger partial charge in [0.15, 0.2) is 5.75 Å². The summed E-state index contributed by atoms with van der Waals surface area (Å²) in [6, 6.07) is 6.31. The van der Waals surface area contributed by atoms with Crippen molar-refractivity contribution < 1.29 is 14.6 Å². The first-order valence-electron chi connectivity index (χ1n) is 4.74. The Hall–Kier alpha value is -2.63. The molecule has 0 aliphatic carbocycles. The van der Waals surface area contributed by atoms with E-state index in [2.05, 4.69) is 9.97 Å². The van der Waals surface area contributed by atoms with Gasteiger partial charge >= 0.3 is 5.97 Å². The molecular formula is C11H9N3O3. The molecule has 0 fully saturated rings. The molecule has 0 unspecified atom stereocenters. The average Bonchev–Trinajstić information content (AvgIpc) is 2.32. The molecule has 1 aromatic carbocycles. The number of carboxylic acid groups (broad SMARTS) is 1. The summed E-state index contributed by atoms with van der Waals surface area (Å²) < 4.78 is 5.36. The largest absolute Gasteiger partial charge is 0.478 e. The maximum Gasteiger partial charge on any atom is 0.339 e. The molecule has 2 aromatic rings. The number of aromatic carboxylic acids is 1. The number of nitrogens with zero attached hydrogens (tertiary/aromatic N) is 2. The van der Waals surface area contributed by atoms with Crippen molar-refractivity contribution in [1.29, 1.82) is 0 Å². The van der Waals surface area contributed by atoms with Gasteiger partial charge in [0, 0.05) is 0 Å². The third kappa shape index (κ3) is 2.49. The number of hydrogen-bond donors (Lipinski definition) is 2. The Morgan fingerprint density at radius 3 is 2.53 bits per heavy atom. The summed E-state index contributed by atoms with van der Waals surface area (Å²) in [6.45, 7) is 0. The molecule has 3 N–H and O–H groups in total. The third-order valence-corrected chi connectivity index (χ3v) is 1.99. The van der Waals surface area contributed by atoms with Crippen LogP contribution in [-0.4, -0.2) is 21.0 Å². The number of hydrogen-bond acceptors (Lipinski definition) is 5. The second-order valence-electron chi connectivity index (χ2n) is 3.18. The molecule has 0 aliphatic rings. The molecule has 17 heavy (non-hydrogen) atoms. The predicted molar refractivity (Wildman–Crippen MR) is 59.9 cm³/mol. The van der Waals surface area contributed by atoms with E-state index >= 15 is 0 Å². The van der Waals surface area contributed by atoms with Gasteiger partial charge in [0.25, 0.3) is 0 Å². The van der Waals surface area contributed by atoms with E-state index in [1.165, 1.54) is 18.5 Å². The van der Waals surface area contributed by atoms with Crippen molar-refractivity contribution in [3.05, 3.63) is 42.2 Å². The monoisotopic (exact) mass is 231 g/mol. The standard InChI is InChI=1S/C11H9N3O3/c12-11-13-5-7(6-14-11)17-9-4-2-1-3-8(9)10(15)16/h1-6H,(H,15,16)(H2,12,13,14). The van der Waals surface area contributed by atoms with Gasteiger partial charge < -0.3 is 15.6 Å². The number of nitrogen functional groups attached to an aromatic ring is 1. The van der Waals surface area contributed by atoms with E-state index in [1.807, 2.05) is 0 Å². The van der Waals surface area contributed by atoms with Gasteiger partial charge in [0.2, 0.25) is 5.95 Å². The predicted octanol–water partition coefficient (Wildman–Crippen LogP) is 1.55. The Kier molecular flexibility index (Phi) is 2.87. The van der Waals surface area contributed by atoms with Gasteiger partial charge in [-0.25, -0.2) is 14.8 Å². The van der Waals surface area contributed by atoms with Gasteiger partial charge in [-0.1, -0.05) is 12.1 Å². The fourth-order valence-corrected chi connectivity index (χ4v) is 1.24. The van der Waals surface area contributed by atoms with Crippen LogP contribution in [0.15, 0.2) is 36.7 Å². The van der Waals surface area contributed by atoms with Crippen LogP contribution < -0.4 is 10.5 Å². The highest BCUT2D eigenvalue weighted by molar-refractivity contribution is 5.90. The smallest absolute Gasteiger partial charge is 0.339 e. The molecule has 0 saturated heterocycles. The first-order valence-corrected chi connectivity index (χ1v) is 4.74. The SMILES string of the molecule is Nc1ncc(Oc2ccccc2C(=O)O)cn1. The van der Waals surface area contributed by atoms with Crippen molar-refractivity contribution in [3.63, 3.8) is 0 Å². The molecule has 2 rings (SSSR count). The molecule has 0 saturated carbocycles. The van der Waals surface area contributed by atoms with Crippen LogP contribution in [-0.2, 0) is 0 Å². The fourth-order valence-electron chi connectivity index (χ4n) is 1.24. The van der Waals surface area contributed by atoms with Crippen LogP contribution in [0.3, 0.4) is 0 Å². The van der Waals surface area contributed by atoms with E-state index in [0.29, 0.717) is 5.75 Å². The number of para-hydroxylation sites is 1. The molecule has 0 spiro atoms. The lowest BCUT2D eigenvalue weighted by molar-refractivity contribution is 0.0694. The molecule has 6 heteroatoms. The zero-order valence-corrected chi connectivity index (χ0v) is 8.70. The molecule has 6 nitrogen and oxygen atoms in total. The van der Waals surface area contributed by atoms with Crippen LogP contribution in [0.25, 0.3) is 0 Å². The van der Waals surface area contributed by atoms with Crippen molar-refractivity contribution in [2.45, 2.75) is 0 Å². The second-order valence-corrected chi connectivity index (χ2v) is 3.18. The fraction of sp³-hybridized carbons (Fsp3) is 0. The van der Waals surface area contributed by atoms with Crippen molar-refractivity contribution in [2.24, 2.45) is 0 Å². The number of anilines is 1. The highest BCUT2D eigenvalue weighted by Gasteiger charge is 2.10. The number of ether oxygens (including phenoxy) is 1. The molecule has 0 atom stereocenters. The van der Waals surface area contributed by atoms with Gasteiger partial charge in [-0.15, -0.1) is 0 Å². The molecule has 0 aliphatic heterocycles. The van der Waals surface area contributed by atoms with Crippen LogP contribution in [0.4, 0.5) is 5.95 Å². The number of carboxylic acids is 1. The Morgan fingerprint density at radius 2 is 1.88 bits per heavy atom. The number of aromatic nitrogens is 2. The third-order valence-electron chi connectivity index (χ3n) is 1.99. The Bertz CT molecular complexity index is 540. The van der Waals surface area contributed by atoms with Gasteiger partial charge in [-0.2, -0.15) is 0 Å². The molecule has 1 heterocycles. The summed E-state index contributed by atoms with van der Waals surface area (Å²) in [5.41, 5.74) is 5.40. The number of carbonyl (C=O) groups is 1. The average molecular weight is 231 g/mol. The maximum atomic E-state index is 10.9. The highest BCUT2D eigenvalue weighted by Crippen LogP contribution is 2.24. The Morgan fingerprint density at radius 1 is 1.24 bits per heavy atom. The van der Waals surface area contributed by atoms with Crippen molar-refractivity contribution in [2.75, 3.05) is 5.73 Å². The lowest BCUT2D eigenvalue weighted by Crippen LogP contribution is -2.00. The van der Waals surface area contributed by atoms with Gasteiger partial charge in [-0.3, -0.25) is 0 Å².